The quantitative estimate of drug-likeness (QED) is 0.317. The highest BCUT2D eigenvalue weighted by atomic mass is 31.2. The summed E-state index contributed by atoms with van der Waals surface area (Å²) in [4.78, 5) is 48.0. The maximum atomic E-state index is 15.1. The Morgan fingerprint density at radius 1 is 1.12 bits per heavy atom. The molecule has 4 rings (SSSR count). The topological polar surface area (TPSA) is 168 Å². The van der Waals surface area contributed by atoms with Crippen LogP contribution in [0, 0.1) is 5.82 Å². The molecule has 1 aromatic carbocycles. The molecule has 214 valence electrons. The summed E-state index contributed by atoms with van der Waals surface area (Å²) >= 11 is 0. The molecule has 0 saturated heterocycles. The van der Waals surface area contributed by atoms with E-state index in [0.717, 1.165) is 0 Å². The minimum absolute atomic E-state index is 0.0158. The third-order valence-corrected chi connectivity index (χ3v) is 5.78. The van der Waals surface area contributed by atoms with Crippen molar-refractivity contribution in [2.75, 3.05) is 32.9 Å². The van der Waals surface area contributed by atoms with Gasteiger partial charge >= 0.3 is 0 Å². The normalized spacial score (nSPS) is 16.6. The lowest BCUT2D eigenvalue weighted by molar-refractivity contribution is -0.341. The largest absolute Gasteiger partial charge is 0.790 e. The first-order valence-electron chi connectivity index (χ1n) is 13.9. The van der Waals surface area contributed by atoms with E-state index in [9.17, 15) is 19.1 Å². The molecule has 0 N–H and O–H groups in total. The maximum absolute atomic E-state index is 15.1. The van der Waals surface area contributed by atoms with Gasteiger partial charge in [0.2, 0.25) is 5.75 Å². The number of carbonyl (C=O) groups excluding carboxylic acids is 1. The number of hydrogen-bond donors (Lipinski definition) is 0. The Bertz CT molecular complexity index is 1700. The van der Waals surface area contributed by atoms with E-state index >= 15 is 4.39 Å². The number of ether oxygens (including phenoxy) is 4. The summed E-state index contributed by atoms with van der Waals surface area (Å²) in [7, 11) is -2.05. The molecular weight excluding hydrogens is 550 g/mol. The van der Waals surface area contributed by atoms with E-state index in [2.05, 4.69) is 19.5 Å². The molecule has 0 radical (unpaired) electrons. The highest BCUT2D eigenvalue weighted by Crippen LogP contribution is 2.39. The summed E-state index contributed by atoms with van der Waals surface area (Å²) < 4.78 is 93.0. The third kappa shape index (κ3) is 6.31. The molecule has 0 unspecified atom stereocenters. The lowest BCUT2D eigenvalue weighted by Crippen LogP contribution is -2.53. The van der Waals surface area contributed by atoms with E-state index in [1.807, 2.05) is 0 Å². The van der Waals surface area contributed by atoms with Crippen LogP contribution in [0.25, 0.3) is 0 Å². The molecule has 13 nitrogen and oxygen atoms in total. The number of halogens is 1. The number of phosphoric acid groups is 1. The summed E-state index contributed by atoms with van der Waals surface area (Å²) in [5, 5.41) is 0. The number of aromatic nitrogens is 3. The number of nitrogens with zero attached hydrogens (tertiary/aromatic N) is 4. The van der Waals surface area contributed by atoms with E-state index in [-0.39, 0.29) is 69.2 Å². The summed E-state index contributed by atoms with van der Waals surface area (Å²) in [5.41, 5.74) is -2.10. The highest BCUT2D eigenvalue weighted by Gasteiger charge is 2.42. The van der Waals surface area contributed by atoms with Gasteiger partial charge in [-0.15, -0.1) is 0 Å². The van der Waals surface area contributed by atoms with Gasteiger partial charge in [-0.25, -0.2) is 19.3 Å². The van der Waals surface area contributed by atoms with Gasteiger partial charge in [0, 0.05) is 18.5 Å². The van der Waals surface area contributed by atoms with Crippen molar-refractivity contribution < 1.29 is 53.9 Å². The summed E-state index contributed by atoms with van der Waals surface area (Å²) in [6, 6.07) is 2.10. The number of rotatable bonds is 10. The predicted octanol–water partition coefficient (Wildman–Crippen LogP) is 1.52. The van der Waals surface area contributed by atoms with Crippen molar-refractivity contribution in [1.29, 1.82) is 0 Å². The van der Waals surface area contributed by atoms with E-state index < -0.39 is 50.2 Å². The molecule has 40 heavy (non-hydrogen) atoms. The third-order valence-electron chi connectivity index (χ3n) is 5.47. The average molecular weight is 582 g/mol. The van der Waals surface area contributed by atoms with Crippen molar-refractivity contribution in [3.8, 4) is 23.0 Å². The number of carbonyl (C=O) groups is 1. The van der Waals surface area contributed by atoms with Crippen molar-refractivity contribution >= 4 is 19.5 Å². The molecule has 15 heteroatoms. The average Bonchev–Trinajstić information content (AvgIpc) is 2.92. The maximum Gasteiger partial charge on any atom is 0.273 e. The Kier molecular flexibility index (Phi) is 6.50. The van der Waals surface area contributed by atoms with Crippen molar-refractivity contribution in [3.05, 3.63) is 59.0 Å². The number of fused-ring (bicyclic) bond motifs is 1. The van der Waals surface area contributed by atoms with Crippen LogP contribution < -0.4 is 33.6 Å². The zero-order valence-electron chi connectivity index (χ0n) is 26.9. The van der Waals surface area contributed by atoms with E-state index in [0.29, 0.717) is 0 Å². The molecule has 0 spiro atoms. The number of benzene rings is 1. The number of pyridine rings is 1. The number of phosphoric ester groups is 1. The Morgan fingerprint density at radius 2 is 1.80 bits per heavy atom. The first-order valence-corrected chi connectivity index (χ1v) is 12.9. The van der Waals surface area contributed by atoms with Gasteiger partial charge in [-0.2, -0.15) is 0 Å². The van der Waals surface area contributed by atoms with Crippen LogP contribution in [0.5, 0.6) is 23.0 Å². The highest BCUT2D eigenvalue weighted by molar-refractivity contribution is 7.43. The molecule has 3 heterocycles. The van der Waals surface area contributed by atoms with Gasteiger partial charge in [0.05, 0.1) is 47.9 Å². The molecule has 0 atom stereocenters. The molecule has 1 aliphatic heterocycles. The summed E-state index contributed by atoms with van der Waals surface area (Å²) in [6.45, 7) is -0.966. The molecule has 1 amide bonds. The molecule has 0 fully saturated rings. The second-order valence-electron chi connectivity index (χ2n) is 8.70. The van der Waals surface area contributed by atoms with Crippen LogP contribution >= 0.6 is 7.82 Å². The fourth-order valence-electron chi connectivity index (χ4n) is 3.69. The van der Waals surface area contributed by atoms with E-state index in [4.69, 9.17) is 25.8 Å². The molecule has 3 aromatic rings. The molecule has 0 bridgehead atoms. The summed E-state index contributed by atoms with van der Waals surface area (Å²) in [5.74, 6) is -3.22. The Morgan fingerprint density at radius 3 is 2.40 bits per heavy atom. The van der Waals surface area contributed by atoms with Crippen molar-refractivity contribution in [1.82, 2.24) is 15.0 Å². The minimum atomic E-state index is -5.94. The lowest BCUT2D eigenvalue weighted by Gasteiger charge is -2.39. The smallest absolute Gasteiger partial charge is 0.273 e. The van der Waals surface area contributed by atoms with Crippen molar-refractivity contribution in [2.24, 2.45) is 0 Å². The number of hydrogen-bond acceptors (Lipinski definition) is 12. The Labute approximate surface area is 236 Å². The second kappa shape index (κ2) is 11.3. The van der Waals surface area contributed by atoms with Crippen LogP contribution in [0.15, 0.2) is 30.4 Å². The first-order chi connectivity index (χ1) is 20.8. The Hall–Kier alpha value is -3.84. The number of anilines is 1. The molecule has 0 aliphatic carbocycles. The van der Waals surface area contributed by atoms with Crippen LogP contribution in [0.4, 0.5) is 10.2 Å². The standard InChI is InChI=1S/C25H28FN4O9P/c1-25(2)24(31)30(13-38-40(32,33)34)23-18(39-25)7-6-15(28-23)11-17-16(26)12-27-21(29-17)10-14-8-19(35-3)22(37-5)20(9-14)36-4/h6-9,12H,10-11,13H2,1-5H3,(H2,32,33,34)/p-2/i8D,9D,12D,13D2. The predicted molar refractivity (Wildman–Crippen MR) is 134 cm³/mol. The molecule has 0 saturated carbocycles. The van der Waals surface area contributed by atoms with Gasteiger partial charge in [0.25, 0.3) is 5.91 Å². The van der Waals surface area contributed by atoms with Gasteiger partial charge < -0.3 is 37.8 Å². The minimum Gasteiger partial charge on any atom is -0.790 e. The summed E-state index contributed by atoms with van der Waals surface area (Å²) in [6.07, 6.45) is -1.58. The SMILES string of the molecule is [2H]c1nc(Cc2c([2H])c(OC)c(OC)c(OC)c2[2H])nc(Cc2ccc3c(n2)N(C([2H])([2H])OP(=O)([O-])[O-])C(=O)C(C)(C)O3)c1F. The zero-order valence-corrected chi connectivity index (χ0v) is 22.8. The monoisotopic (exact) mass is 581 g/mol. The lowest BCUT2D eigenvalue weighted by atomic mass is 10.1. The van der Waals surface area contributed by atoms with Crippen LogP contribution in [0.3, 0.4) is 0 Å². The van der Waals surface area contributed by atoms with Gasteiger partial charge in [0.15, 0.2) is 34.5 Å². The first kappa shape index (κ1) is 22.9. The van der Waals surface area contributed by atoms with Crippen LogP contribution in [0.2, 0.25) is 0 Å². The van der Waals surface area contributed by atoms with Gasteiger partial charge in [-0.05, 0) is 43.6 Å². The van der Waals surface area contributed by atoms with E-state index in [1.165, 1.54) is 47.3 Å². The fourth-order valence-corrected chi connectivity index (χ4v) is 3.87. The van der Waals surface area contributed by atoms with Crippen LogP contribution in [-0.2, 0) is 26.7 Å². The molecular formula is C25H26FN4O9P-2. The molecule has 2 aromatic heterocycles. The van der Waals surface area contributed by atoms with Crippen LogP contribution in [-0.4, -0.2) is 54.5 Å². The number of amides is 1. The van der Waals surface area contributed by atoms with Crippen molar-refractivity contribution in [2.45, 2.75) is 32.3 Å². The fraction of sp³-hybridized carbons (Fsp3) is 0.360. The second-order valence-corrected chi connectivity index (χ2v) is 9.78. The van der Waals surface area contributed by atoms with E-state index in [1.54, 1.807) is 0 Å². The number of methoxy groups -OCH3 is 3. The van der Waals surface area contributed by atoms with Gasteiger partial charge in [-0.3, -0.25) is 9.69 Å². The van der Waals surface area contributed by atoms with Crippen molar-refractivity contribution in [3.63, 3.8) is 0 Å². The Balaban J connectivity index is 1.77. The zero-order chi connectivity index (χ0) is 33.6. The van der Waals surface area contributed by atoms with Gasteiger partial charge in [0.1, 0.15) is 12.5 Å². The van der Waals surface area contributed by atoms with Crippen LogP contribution in [0.1, 0.15) is 43.5 Å². The van der Waals surface area contributed by atoms with Gasteiger partial charge in [-0.1, -0.05) is 0 Å². The molecule has 1 aliphatic rings.